The maximum atomic E-state index is 13.0. The van der Waals surface area contributed by atoms with Crippen LogP contribution in [0.2, 0.25) is 0 Å². The molecule has 1 amide bonds. The molecule has 3 rings (SSSR count). The number of aryl methyl sites for hydroxylation is 2. The number of nitrogens with one attached hydrogen (secondary N) is 2. The molecule has 0 unspecified atom stereocenters. The van der Waals surface area contributed by atoms with E-state index in [2.05, 4.69) is 10.6 Å². The fourth-order valence-corrected chi connectivity index (χ4v) is 2.74. The first-order valence-corrected chi connectivity index (χ1v) is 8.83. The second-order valence-corrected chi connectivity index (χ2v) is 6.45. The van der Waals surface area contributed by atoms with E-state index in [1.54, 1.807) is 48.5 Å². The Morgan fingerprint density at radius 2 is 1.33 bits per heavy atom. The Morgan fingerprint density at radius 1 is 0.741 bits per heavy atom. The number of amides is 1. The van der Waals surface area contributed by atoms with Crippen molar-refractivity contribution in [2.75, 3.05) is 5.32 Å². The van der Waals surface area contributed by atoms with Crippen molar-refractivity contribution in [3.05, 3.63) is 101 Å². The number of rotatable bonds is 6. The van der Waals surface area contributed by atoms with Crippen molar-refractivity contribution in [3.63, 3.8) is 0 Å². The molecule has 3 aromatic carbocycles. The molecule has 4 nitrogen and oxygen atoms in total. The lowest BCUT2D eigenvalue weighted by Gasteiger charge is -2.21. The van der Waals surface area contributed by atoms with E-state index in [1.807, 2.05) is 44.2 Å². The van der Waals surface area contributed by atoms with Gasteiger partial charge < -0.3 is 10.6 Å². The van der Waals surface area contributed by atoms with Gasteiger partial charge in [0.15, 0.2) is 6.17 Å². The molecule has 2 N–H and O–H groups in total. The van der Waals surface area contributed by atoms with Crippen LogP contribution in [0, 0.1) is 13.8 Å². The zero-order valence-corrected chi connectivity index (χ0v) is 15.4. The Hall–Kier alpha value is -3.40. The van der Waals surface area contributed by atoms with Crippen LogP contribution in [0.5, 0.6) is 0 Å². The van der Waals surface area contributed by atoms with Gasteiger partial charge in [0.2, 0.25) is 5.78 Å². The van der Waals surface area contributed by atoms with Crippen LogP contribution in [0.15, 0.2) is 78.9 Å². The predicted molar refractivity (Wildman–Crippen MR) is 108 cm³/mol. The van der Waals surface area contributed by atoms with Gasteiger partial charge >= 0.3 is 0 Å². The summed E-state index contributed by atoms with van der Waals surface area (Å²) in [5, 5.41) is 5.98. The topological polar surface area (TPSA) is 58.2 Å². The van der Waals surface area contributed by atoms with Crippen molar-refractivity contribution in [2.24, 2.45) is 0 Å². The standard InChI is InChI=1S/C23H22N2O2/c1-16-13-14-20(15-17(16)2)24-22(21(26)18-9-5-3-6-10-18)25-23(27)19-11-7-4-8-12-19/h3-15,22,24H,1-2H3,(H,25,27)/t22-/m1/s1. The highest BCUT2D eigenvalue weighted by molar-refractivity contribution is 6.05. The van der Waals surface area contributed by atoms with E-state index in [-0.39, 0.29) is 11.7 Å². The van der Waals surface area contributed by atoms with Crippen molar-refractivity contribution in [3.8, 4) is 0 Å². The van der Waals surface area contributed by atoms with Gasteiger partial charge in [-0.2, -0.15) is 0 Å². The van der Waals surface area contributed by atoms with Gasteiger partial charge in [0.05, 0.1) is 0 Å². The van der Waals surface area contributed by atoms with Crippen LogP contribution in [0.1, 0.15) is 31.8 Å². The molecule has 3 aromatic rings. The van der Waals surface area contributed by atoms with E-state index < -0.39 is 6.17 Å². The second-order valence-electron chi connectivity index (χ2n) is 6.45. The fraction of sp³-hybridized carbons (Fsp3) is 0.130. The van der Waals surface area contributed by atoms with Gasteiger partial charge in [0.25, 0.3) is 5.91 Å². The third kappa shape index (κ3) is 4.61. The van der Waals surface area contributed by atoms with Gasteiger partial charge in [-0.3, -0.25) is 9.59 Å². The molecule has 4 heteroatoms. The van der Waals surface area contributed by atoms with Crippen LogP contribution >= 0.6 is 0 Å². The maximum Gasteiger partial charge on any atom is 0.253 e. The minimum Gasteiger partial charge on any atom is -0.359 e. The third-order valence-corrected chi connectivity index (χ3v) is 4.45. The first kappa shape index (κ1) is 18.4. The Kier molecular flexibility index (Phi) is 5.67. The third-order valence-electron chi connectivity index (χ3n) is 4.45. The number of anilines is 1. The lowest BCUT2D eigenvalue weighted by molar-refractivity contribution is 0.0869. The molecule has 0 fully saturated rings. The summed E-state index contributed by atoms with van der Waals surface area (Å²) in [4.78, 5) is 25.6. The van der Waals surface area contributed by atoms with Gasteiger partial charge in [-0.1, -0.05) is 54.6 Å². The van der Waals surface area contributed by atoms with Crippen LogP contribution < -0.4 is 10.6 Å². The van der Waals surface area contributed by atoms with E-state index >= 15 is 0 Å². The van der Waals surface area contributed by atoms with Crippen LogP contribution in [0.3, 0.4) is 0 Å². The molecule has 0 heterocycles. The molecule has 0 spiro atoms. The lowest BCUT2D eigenvalue weighted by Crippen LogP contribution is -2.46. The summed E-state index contributed by atoms with van der Waals surface area (Å²) in [7, 11) is 0. The zero-order valence-electron chi connectivity index (χ0n) is 15.4. The van der Waals surface area contributed by atoms with Crippen molar-refractivity contribution < 1.29 is 9.59 Å². The van der Waals surface area contributed by atoms with Crippen molar-refractivity contribution in [1.82, 2.24) is 5.32 Å². The molecule has 0 saturated carbocycles. The summed E-state index contributed by atoms with van der Waals surface area (Å²) >= 11 is 0. The largest absolute Gasteiger partial charge is 0.359 e. The predicted octanol–water partition coefficient (Wildman–Crippen LogP) is 4.35. The van der Waals surface area contributed by atoms with Crippen LogP contribution in [0.25, 0.3) is 0 Å². The van der Waals surface area contributed by atoms with Gasteiger partial charge in [-0.05, 0) is 49.2 Å². The first-order chi connectivity index (χ1) is 13.0. The minimum absolute atomic E-state index is 0.196. The summed E-state index contributed by atoms with van der Waals surface area (Å²) in [6.07, 6.45) is -0.873. The molecular weight excluding hydrogens is 336 g/mol. The second kappa shape index (κ2) is 8.32. The normalized spacial score (nSPS) is 11.5. The van der Waals surface area contributed by atoms with Gasteiger partial charge in [-0.25, -0.2) is 0 Å². The quantitative estimate of drug-likeness (QED) is 0.509. The molecule has 0 aliphatic rings. The summed E-state index contributed by atoms with van der Waals surface area (Å²) in [6, 6.07) is 23.7. The summed E-state index contributed by atoms with van der Waals surface area (Å²) < 4.78 is 0. The van der Waals surface area contributed by atoms with E-state index in [9.17, 15) is 9.59 Å². The smallest absolute Gasteiger partial charge is 0.253 e. The monoisotopic (exact) mass is 358 g/mol. The van der Waals surface area contributed by atoms with Gasteiger partial charge in [0.1, 0.15) is 0 Å². The molecule has 27 heavy (non-hydrogen) atoms. The Bertz CT molecular complexity index is 937. The lowest BCUT2D eigenvalue weighted by atomic mass is 10.1. The molecule has 0 bridgehead atoms. The first-order valence-electron chi connectivity index (χ1n) is 8.83. The molecule has 0 radical (unpaired) electrons. The van der Waals surface area contributed by atoms with Gasteiger partial charge in [-0.15, -0.1) is 0 Å². The number of benzene rings is 3. The molecule has 0 aliphatic carbocycles. The Morgan fingerprint density at radius 3 is 1.93 bits per heavy atom. The summed E-state index contributed by atoms with van der Waals surface area (Å²) in [5.74, 6) is -0.501. The molecule has 0 aliphatic heterocycles. The highest BCUT2D eigenvalue weighted by Crippen LogP contribution is 2.16. The van der Waals surface area contributed by atoms with E-state index in [0.29, 0.717) is 11.1 Å². The van der Waals surface area contributed by atoms with Crippen molar-refractivity contribution in [2.45, 2.75) is 20.0 Å². The van der Waals surface area contributed by atoms with Gasteiger partial charge in [0, 0.05) is 16.8 Å². The Balaban J connectivity index is 1.87. The molecule has 136 valence electrons. The fourth-order valence-electron chi connectivity index (χ4n) is 2.74. The average Bonchev–Trinajstić information content (AvgIpc) is 2.71. The highest BCUT2D eigenvalue weighted by Gasteiger charge is 2.22. The van der Waals surface area contributed by atoms with Crippen LogP contribution in [-0.4, -0.2) is 17.9 Å². The highest BCUT2D eigenvalue weighted by atomic mass is 16.2. The van der Waals surface area contributed by atoms with E-state index in [1.165, 1.54) is 5.56 Å². The number of Topliss-reactive ketones (excluding diaryl/α,β-unsaturated/α-hetero) is 1. The number of hydrogen-bond donors (Lipinski definition) is 2. The number of hydrogen-bond acceptors (Lipinski definition) is 3. The van der Waals surface area contributed by atoms with Crippen molar-refractivity contribution >= 4 is 17.4 Å². The van der Waals surface area contributed by atoms with Crippen molar-refractivity contribution in [1.29, 1.82) is 0 Å². The average molecular weight is 358 g/mol. The molecule has 0 saturated heterocycles. The van der Waals surface area contributed by atoms with E-state index in [4.69, 9.17) is 0 Å². The molecule has 0 aromatic heterocycles. The molecular formula is C23H22N2O2. The molecule has 1 atom stereocenters. The number of carbonyl (C=O) groups is 2. The number of carbonyl (C=O) groups excluding carboxylic acids is 2. The SMILES string of the molecule is Cc1ccc(N[C@H](NC(=O)c2ccccc2)C(=O)c2ccccc2)cc1C. The maximum absolute atomic E-state index is 13.0. The minimum atomic E-state index is -0.873. The van der Waals surface area contributed by atoms with Crippen LogP contribution in [0.4, 0.5) is 5.69 Å². The zero-order chi connectivity index (χ0) is 19.2. The number of ketones is 1. The van der Waals surface area contributed by atoms with E-state index in [0.717, 1.165) is 11.3 Å². The Labute approximate surface area is 159 Å². The summed E-state index contributed by atoms with van der Waals surface area (Å²) in [5.41, 5.74) is 4.10. The van der Waals surface area contributed by atoms with Crippen LogP contribution in [-0.2, 0) is 0 Å². The summed E-state index contributed by atoms with van der Waals surface area (Å²) in [6.45, 7) is 4.04.